The Morgan fingerprint density at radius 1 is 1.25 bits per heavy atom. The fourth-order valence-electron chi connectivity index (χ4n) is 1.12. The van der Waals surface area contributed by atoms with Gasteiger partial charge >= 0.3 is 0 Å². The highest BCUT2D eigenvalue weighted by atomic mass is 79.9. The second kappa shape index (κ2) is 2.55. The van der Waals surface area contributed by atoms with Crippen molar-refractivity contribution in [1.29, 1.82) is 0 Å². The van der Waals surface area contributed by atoms with Crippen molar-refractivity contribution in [3.05, 3.63) is 34.4 Å². The first kappa shape index (κ1) is 7.73. The van der Waals surface area contributed by atoms with Crippen LogP contribution in [0.4, 0.5) is 8.78 Å². The lowest BCUT2D eigenvalue weighted by molar-refractivity contribution is 0.591. The average Bonchev–Trinajstić information content (AvgIpc) is 2.33. The van der Waals surface area contributed by atoms with E-state index >= 15 is 0 Å². The van der Waals surface area contributed by atoms with Gasteiger partial charge in [-0.05, 0) is 22.0 Å². The van der Waals surface area contributed by atoms with Crippen molar-refractivity contribution in [3.8, 4) is 0 Å². The van der Waals surface area contributed by atoms with Gasteiger partial charge < -0.3 is 4.98 Å². The van der Waals surface area contributed by atoms with Gasteiger partial charge in [0.15, 0.2) is 0 Å². The SMILES string of the molecule is Fc1cc(F)c2[nH]cc(Br)c2c1. The second-order valence-electron chi connectivity index (χ2n) is 2.45. The zero-order valence-electron chi connectivity index (χ0n) is 5.87. The van der Waals surface area contributed by atoms with E-state index < -0.39 is 11.6 Å². The molecular weight excluding hydrogens is 228 g/mol. The molecule has 0 aliphatic carbocycles. The van der Waals surface area contributed by atoms with Crippen molar-refractivity contribution in [1.82, 2.24) is 4.98 Å². The minimum Gasteiger partial charge on any atom is -0.358 e. The van der Waals surface area contributed by atoms with E-state index in [4.69, 9.17) is 0 Å². The van der Waals surface area contributed by atoms with E-state index in [2.05, 4.69) is 20.9 Å². The van der Waals surface area contributed by atoms with Gasteiger partial charge in [-0.1, -0.05) is 0 Å². The molecule has 1 aromatic heterocycles. The van der Waals surface area contributed by atoms with Crippen LogP contribution in [0.5, 0.6) is 0 Å². The third-order valence-electron chi connectivity index (χ3n) is 1.66. The third-order valence-corrected chi connectivity index (χ3v) is 2.31. The highest BCUT2D eigenvalue weighted by molar-refractivity contribution is 9.10. The summed E-state index contributed by atoms with van der Waals surface area (Å²) in [7, 11) is 0. The quantitative estimate of drug-likeness (QED) is 0.717. The van der Waals surface area contributed by atoms with Gasteiger partial charge in [0, 0.05) is 22.1 Å². The summed E-state index contributed by atoms with van der Waals surface area (Å²) in [6.07, 6.45) is 1.58. The molecule has 2 rings (SSSR count). The second-order valence-corrected chi connectivity index (χ2v) is 3.30. The van der Waals surface area contributed by atoms with Crippen LogP contribution < -0.4 is 0 Å². The molecule has 0 radical (unpaired) electrons. The smallest absolute Gasteiger partial charge is 0.150 e. The molecule has 0 aliphatic rings. The average molecular weight is 232 g/mol. The predicted octanol–water partition coefficient (Wildman–Crippen LogP) is 3.21. The number of aromatic amines is 1. The van der Waals surface area contributed by atoms with Gasteiger partial charge in [0.1, 0.15) is 11.6 Å². The van der Waals surface area contributed by atoms with Gasteiger partial charge in [-0.25, -0.2) is 8.78 Å². The van der Waals surface area contributed by atoms with Gasteiger partial charge in [-0.3, -0.25) is 0 Å². The Kier molecular flexibility index (Phi) is 1.65. The molecule has 0 saturated carbocycles. The molecule has 1 aromatic carbocycles. The Labute approximate surface area is 75.5 Å². The molecule has 0 saturated heterocycles. The minimum absolute atomic E-state index is 0.322. The summed E-state index contributed by atoms with van der Waals surface area (Å²) in [6.45, 7) is 0. The van der Waals surface area contributed by atoms with Crippen LogP contribution in [-0.4, -0.2) is 4.98 Å². The maximum atomic E-state index is 13.0. The number of fused-ring (bicyclic) bond motifs is 1. The molecule has 0 amide bonds. The maximum Gasteiger partial charge on any atom is 0.150 e. The van der Waals surface area contributed by atoms with E-state index in [1.165, 1.54) is 6.07 Å². The number of hydrogen-bond donors (Lipinski definition) is 1. The van der Waals surface area contributed by atoms with Crippen molar-refractivity contribution >= 4 is 26.8 Å². The summed E-state index contributed by atoms with van der Waals surface area (Å²) in [5, 5.41) is 0.521. The van der Waals surface area contributed by atoms with Crippen LogP contribution in [0, 0.1) is 11.6 Å². The van der Waals surface area contributed by atoms with E-state index in [0.717, 1.165) is 6.07 Å². The van der Waals surface area contributed by atoms with Crippen molar-refractivity contribution in [3.63, 3.8) is 0 Å². The molecular formula is C8H4BrF2N. The van der Waals surface area contributed by atoms with Gasteiger partial charge in [-0.15, -0.1) is 0 Å². The fourth-order valence-corrected chi connectivity index (χ4v) is 1.55. The standard InChI is InChI=1S/C8H4BrF2N/c9-6-3-12-8-5(6)1-4(10)2-7(8)11/h1-3,12H. The Hall–Kier alpha value is -0.900. The molecule has 0 aliphatic heterocycles. The molecule has 2 aromatic rings. The van der Waals surface area contributed by atoms with Crippen LogP contribution in [0.25, 0.3) is 10.9 Å². The lowest BCUT2D eigenvalue weighted by Gasteiger charge is -1.93. The number of aromatic nitrogens is 1. The van der Waals surface area contributed by atoms with E-state index in [1.807, 2.05) is 0 Å². The van der Waals surface area contributed by atoms with Gasteiger partial charge in [0.25, 0.3) is 0 Å². The summed E-state index contributed by atoms with van der Waals surface area (Å²) in [4.78, 5) is 2.69. The van der Waals surface area contributed by atoms with Crippen LogP contribution >= 0.6 is 15.9 Å². The highest BCUT2D eigenvalue weighted by Crippen LogP contribution is 2.25. The van der Waals surface area contributed by atoms with Crippen molar-refractivity contribution < 1.29 is 8.78 Å². The fraction of sp³-hybridized carbons (Fsp3) is 0. The van der Waals surface area contributed by atoms with Crippen molar-refractivity contribution in [2.45, 2.75) is 0 Å². The number of benzene rings is 1. The molecule has 1 heterocycles. The van der Waals surface area contributed by atoms with Gasteiger partial charge in [-0.2, -0.15) is 0 Å². The van der Waals surface area contributed by atoms with Gasteiger partial charge in [0.2, 0.25) is 0 Å². The number of nitrogens with one attached hydrogen (secondary N) is 1. The molecule has 0 bridgehead atoms. The van der Waals surface area contributed by atoms with E-state index in [9.17, 15) is 8.78 Å². The Bertz CT molecular complexity index is 436. The third kappa shape index (κ3) is 1.03. The summed E-state index contributed by atoms with van der Waals surface area (Å²) in [5.74, 6) is -1.14. The van der Waals surface area contributed by atoms with Crippen LogP contribution in [0.3, 0.4) is 0 Å². The first-order chi connectivity index (χ1) is 5.68. The van der Waals surface area contributed by atoms with E-state index in [-0.39, 0.29) is 0 Å². The molecule has 1 nitrogen and oxygen atoms in total. The number of hydrogen-bond acceptors (Lipinski definition) is 0. The Balaban J connectivity index is 2.92. The molecule has 4 heteroatoms. The monoisotopic (exact) mass is 231 g/mol. The van der Waals surface area contributed by atoms with E-state index in [0.29, 0.717) is 15.4 Å². The molecule has 12 heavy (non-hydrogen) atoms. The normalized spacial score (nSPS) is 10.9. The highest BCUT2D eigenvalue weighted by Gasteiger charge is 2.07. The summed E-state index contributed by atoms with van der Waals surface area (Å²) >= 11 is 3.17. The maximum absolute atomic E-state index is 13.0. The Morgan fingerprint density at radius 3 is 2.75 bits per heavy atom. The zero-order valence-corrected chi connectivity index (χ0v) is 7.45. The zero-order chi connectivity index (χ0) is 8.72. The number of rotatable bonds is 0. The van der Waals surface area contributed by atoms with Crippen LogP contribution in [0.1, 0.15) is 0 Å². The Morgan fingerprint density at radius 2 is 2.00 bits per heavy atom. The van der Waals surface area contributed by atoms with Crippen molar-refractivity contribution in [2.75, 3.05) is 0 Å². The lowest BCUT2D eigenvalue weighted by Crippen LogP contribution is -1.80. The number of halogens is 3. The minimum atomic E-state index is -0.573. The largest absolute Gasteiger partial charge is 0.358 e. The molecule has 0 spiro atoms. The van der Waals surface area contributed by atoms with Crippen LogP contribution in [0.2, 0.25) is 0 Å². The summed E-state index contributed by atoms with van der Waals surface area (Å²) in [6, 6.07) is 2.13. The first-order valence-corrected chi connectivity index (χ1v) is 4.09. The van der Waals surface area contributed by atoms with Gasteiger partial charge in [0.05, 0.1) is 5.52 Å². The van der Waals surface area contributed by atoms with E-state index in [1.54, 1.807) is 6.20 Å². The topological polar surface area (TPSA) is 15.8 Å². The predicted molar refractivity (Wildman–Crippen MR) is 45.9 cm³/mol. The molecule has 0 atom stereocenters. The summed E-state index contributed by atoms with van der Waals surface area (Å²) < 4.78 is 26.3. The molecule has 0 unspecified atom stereocenters. The molecule has 62 valence electrons. The summed E-state index contributed by atoms with van der Waals surface area (Å²) in [5.41, 5.74) is 0.322. The molecule has 0 fully saturated rings. The van der Waals surface area contributed by atoms with Crippen molar-refractivity contribution in [2.24, 2.45) is 0 Å². The first-order valence-electron chi connectivity index (χ1n) is 3.30. The van der Waals surface area contributed by atoms with Crippen LogP contribution in [-0.2, 0) is 0 Å². The van der Waals surface area contributed by atoms with Crippen LogP contribution in [0.15, 0.2) is 22.8 Å². The number of H-pyrrole nitrogens is 1. The lowest BCUT2D eigenvalue weighted by atomic mass is 10.2. The molecule has 1 N–H and O–H groups in total.